The minimum Gasteiger partial charge on any atom is -0.445 e. The molecule has 2 aliphatic rings. The molecule has 7 nitrogen and oxygen atoms in total. The van der Waals surface area contributed by atoms with E-state index >= 15 is 0 Å². The van der Waals surface area contributed by atoms with E-state index in [1.54, 1.807) is 0 Å². The Balaban J connectivity index is 2.56. The van der Waals surface area contributed by atoms with Gasteiger partial charge in [0.1, 0.15) is 0 Å². The number of rotatable bonds is 6. The van der Waals surface area contributed by atoms with Gasteiger partial charge in [0, 0.05) is 7.11 Å². The fourth-order valence-corrected chi connectivity index (χ4v) is 13.2. The average molecular weight is 518 g/mol. The predicted octanol–water partition coefficient (Wildman–Crippen LogP) is 5.87. The van der Waals surface area contributed by atoms with Crippen molar-refractivity contribution in [1.29, 1.82) is 5.41 Å². The number of fused-ring (bicyclic) bond motifs is 1. The van der Waals surface area contributed by atoms with Gasteiger partial charge in [-0.25, -0.2) is 4.79 Å². The number of hydrogen-bond acceptors (Lipinski definition) is 6. The van der Waals surface area contributed by atoms with Gasteiger partial charge in [0.15, 0.2) is 19.9 Å². The molecule has 0 saturated carbocycles. The number of halogens is 3. The zero-order chi connectivity index (χ0) is 24.1. The van der Waals surface area contributed by atoms with E-state index in [9.17, 15) is 4.79 Å². The van der Waals surface area contributed by atoms with Gasteiger partial charge in [0.25, 0.3) is 3.79 Å². The van der Waals surface area contributed by atoms with Gasteiger partial charge < -0.3 is 23.5 Å². The van der Waals surface area contributed by atoms with Gasteiger partial charge in [-0.2, -0.15) is 0 Å². The summed E-state index contributed by atoms with van der Waals surface area (Å²) in [6, 6.07) is -0.384. The van der Waals surface area contributed by atoms with Gasteiger partial charge in [0.05, 0.1) is 12.1 Å². The van der Waals surface area contributed by atoms with Gasteiger partial charge in [-0.15, -0.1) is 0 Å². The van der Waals surface area contributed by atoms with Crippen molar-refractivity contribution in [2.75, 3.05) is 7.11 Å². The smallest absolute Gasteiger partial charge is 0.402 e. The number of carbonyl (C=O) groups is 1. The van der Waals surface area contributed by atoms with Crippen LogP contribution in [0, 0.1) is 5.41 Å². The first-order valence-electron chi connectivity index (χ1n) is 10.6. The fraction of sp³-hybridized carbons (Fsp3) is 0.900. The van der Waals surface area contributed by atoms with Gasteiger partial charge in [-0.05, 0) is 30.5 Å². The second-order valence-corrected chi connectivity index (χ2v) is 17.5. The van der Waals surface area contributed by atoms with Crippen molar-refractivity contribution >= 4 is 55.0 Å². The summed E-state index contributed by atoms with van der Waals surface area (Å²) in [5.74, 6) is -0.588. The topological polar surface area (TPSA) is 81.1 Å². The summed E-state index contributed by atoms with van der Waals surface area (Å²) in [4.78, 5) is 13.5. The Kier molecular flexibility index (Phi) is 7.99. The summed E-state index contributed by atoms with van der Waals surface area (Å²) in [7, 11) is -0.922. The Morgan fingerprint density at radius 2 is 1.65 bits per heavy atom. The summed E-state index contributed by atoms with van der Waals surface area (Å²) in [6.07, 6.45) is -2.72. The molecule has 2 rings (SSSR count). The van der Waals surface area contributed by atoms with E-state index in [0.717, 1.165) is 0 Å². The molecule has 0 aromatic heterocycles. The van der Waals surface area contributed by atoms with Crippen LogP contribution in [0.4, 0.5) is 4.79 Å². The fourth-order valence-electron chi connectivity index (χ4n) is 6.05. The minimum absolute atomic E-state index is 0.294. The Hall–Kier alpha value is -0.253. The molecule has 0 spiro atoms. The van der Waals surface area contributed by atoms with Gasteiger partial charge >= 0.3 is 6.09 Å². The number of nitrogens with zero attached hydrogens (tertiary/aromatic N) is 1. The first kappa shape index (κ1) is 27.0. The highest BCUT2D eigenvalue weighted by molar-refractivity contribution is 6.82. The molecule has 0 unspecified atom stereocenters. The maximum atomic E-state index is 13.5. The standard InChI is InChI=1S/C20H35Cl3N2O5Si/c1-10(2)31(11(3)4,12(5)6)25-14-13(7)28-16(29-17(24)20(21,22)23)15(27-9)19(14,8)30-18(25)26/h10-16,24H,1-9H3/t13-,14+,15-,16-,19+/m0/s1. The lowest BCUT2D eigenvalue weighted by Gasteiger charge is -2.54. The Morgan fingerprint density at radius 3 is 2.03 bits per heavy atom. The Bertz CT molecular complexity index is 681. The monoisotopic (exact) mass is 516 g/mol. The molecule has 2 fully saturated rings. The van der Waals surface area contributed by atoms with Crippen LogP contribution in [0.2, 0.25) is 16.6 Å². The van der Waals surface area contributed by atoms with Crippen LogP contribution in [0.25, 0.3) is 0 Å². The van der Waals surface area contributed by atoms with Crippen LogP contribution < -0.4 is 0 Å². The van der Waals surface area contributed by atoms with E-state index < -0.39 is 42.0 Å². The van der Waals surface area contributed by atoms with Crippen molar-refractivity contribution in [2.45, 2.75) is 106 Å². The van der Waals surface area contributed by atoms with E-state index in [2.05, 4.69) is 41.5 Å². The second-order valence-electron chi connectivity index (χ2n) is 9.53. The summed E-state index contributed by atoms with van der Waals surface area (Å²) < 4.78 is 23.4. The lowest BCUT2D eigenvalue weighted by Crippen LogP contribution is -2.72. The summed E-state index contributed by atoms with van der Waals surface area (Å²) in [5.41, 5.74) is -0.190. The molecular formula is C20H35Cl3N2O5Si. The third kappa shape index (κ3) is 4.33. The van der Waals surface area contributed by atoms with Gasteiger partial charge in [0.2, 0.25) is 12.2 Å². The molecular weight excluding hydrogens is 483 g/mol. The quantitative estimate of drug-likeness (QED) is 0.206. The largest absolute Gasteiger partial charge is 0.445 e. The van der Waals surface area contributed by atoms with Crippen LogP contribution >= 0.6 is 34.8 Å². The SMILES string of the molecule is CO[C@H]1[C@H](OC(=N)C(Cl)(Cl)Cl)O[C@@H](C)[C@H]2N([Si](C(C)C)(C(C)C)C(C)C)C(=O)O[C@@]12C. The molecule has 2 aliphatic heterocycles. The van der Waals surface area contributed by atoms with Crippen molar-refractivity contribution in [1.82, 2.24) is 4.57 Å². The van der Waals surface area contributed by atoms with Crippen LogP contribution in [0.5, 0.6) is 0 Å². The number of nitrogens with one attached hydrogen (secondary N) is 1. The Morgan fingerprint density at radius 1 is 1.16 bits per heavy atom. The van der Waals surface area contributed by atoms with E-state index in [1.165, 1.54) is 7.11 Å². The van der Waals surface area contributed by atoms with Crippen LogP contribution in [-0.2, 0) is 18.9 Å². The molecule has 0 radical (unpaired) electrons. The van der Waals surface area contributed by atoms with Crippen molar-refractivity contribution < 1.29 is 23.7 Å². The first-order valence-corrected chi connectivity index (χ1v) is 13.9. The lowest BCUT2D eigenvalue weighted by atomic mass is 9.84. The molecule has 2 heterocycles. The molecule has 1 amide bonds. The molecule has 0 aromatic carbocycles. The number of carbonyl (C=O) groups excluding carboxylic acids is 1. The highest BCUT2D eigenvalue weighted by Crippen LogP contribution is 2.52. The van der Waals surface area contributed by atoms with E-state index in [0.29, 0.717) is 16.6 Å². The summed E-state index contributed by atoms with van der Waals surface area (Å²) >= 11 is 17.4. The minimum atomic E-state index is -2.40. The normalized spacial score (nSPS) is 32.0. The highest BCUT2D eigenvalue weighted by atomic mass is 35.6. The number of ether oxygens (including phenoxy) is 4. The molecule has 0 aromatic rings. The molecule has 2 saturated heterocycles. The van der Waals surface area contributed by atoms with Crippen molar-refractivity contribution in [3.8, 4) is 0 Å². The van der Waals surface area contributed by atoms with Crippen LogP contribution in [0.1, 0.15) is 55.4 Å². The molecule has 0 bridgehead atoms. The van der Waals surface area contributed by atoms with Crippen molar-refractivity contribution in [2.24, 2.45) is 0 Å². The second kappa shape index (κ2) is 9.18. The maximum Gasteiger partial charge on any atom is 0.402 e. The van der Waals surface area contributed by atoms with Gasteiger partial charge in [-0.1, -0.05) is 76.3 Å². The van der Waals surface area contributed by atoms with Crippen LogP contribution in [0.15, 0.2) is 0 Å². The van der Waals surface area contributed by atoms with Gasteiger partial charge in [-0.3, -0.25) is 5.41 Å². The van der Waals surface area contributed by atoms with E-state index in [-0.39, 0.29) is 12.1 Å². The third-order valence-electron chi connectivity index (χ3n) is 6.91. The van der Waals surface area contributed by atoms with Crippen molar-refractivity contribution in [3.05, 3.63) is 0 Å². The third-order valence-corrected chi connectivity index (χ3v) is 14.3. The molecule has 0 aliphatic carbocycles. The number of alkyl halides is 3. The average Bonchev–Trinajstić information content (AvgIpc) is 2.85. The molecule has 31 heavy (non-hydrogen) atoms. The lowest BCUT2D eigenvalue weighted by molar-refractivity contribution is -0.273. The van der Waals surface area contributed by atoms with E-state index in [4.69, 9.17) is 59.2 Å². The zero-order valence-corrected chi connectivity index (χ0v) is 22.9. The maximum absolute atomic E-state index is 13.5. The molecule has 5 atom stereocenters. The zero-order valence-electron chi connectivity index (χ0n) is 19.7. The van der Waals surface area contributed by atoms with E-state index in [1.807, 2.05) is 18.4 Å². The van der Waals surface area contributed by atoms with Crippen molar-refractivity contribution in [3.63, 3.8) is 0 Å². The van der Waals surface area contributed by atoms with Crippen LogP contribution in [0.3, 0.4) is 0 Å². The molecule has 1 N–H and O–H groups in total. The number of methoxy groups -OCH3 is 1. The summed E-state index contributed by atoms with van der Waals surface area (Å²) in [6.45, 7) is 16.8. The summed E-state index contributed by atoms with van der Waals surface area (Å²) in [5, 5.41) is 7.94. The highest BCUT2D eigenvalue weighted by Gasteiger charge is 2.69. The molecule has 11 heteroatoms. The number of amides is 1. The predicted molar refractivity (Wildman–Crippen MR) is 126 cm³/mol. The number of hydrogen-bond donors (Lipinski definition) is 1. The Labute approximate surface area is 201 Å². The van der Waals surface area contributed by atoms with Crippen LogP contribution in [-0.4, -0.2) is 65.8 Å². The first-order chi connectivity index (χ1) is 14.1. The molecule has 180 valence electrons.